The summed E-state index contributed by atoms with van der Waals surface area (Å²) >= 11 is 1.70. The zero-order valence-electron chi connectivity index (χ0n) is 17.1. The molecule has 0 atom stereocenters. The third kappa shape index (κ3) is 4.44. The summed E-state index contributed by atoms with van der Waals surface area (Å²) in [6, 6.07) is 7.80. The lowest BCUT2D eigenvalue weighted by atomic mass is 9.98. The van der Waals surface area contributed by atoms with Gasteiger partial charge in [0.1, 0.15) is 0 Å². The van der Waals surface area contributed by atoms with Crippen molar-refractivity contribution in [1.82, 2.24) is 19.3 Å². The maximum absolute atomic E-state index is 12.0. The first-order valence-corrected chi connectivity index (χ1v) is 10.6. The summed E-state index contributed by atoms with van der Waals surface area (Å²) in [7, 11) is 0. The lowest BCUT2D eigenvalue weighted by molar-refractivity contribution is -0.207. The van der Waals surface area contributed by atoms with Crippen LogP contribution >= 0.6 is 11.3 Å². The summed E-state index contributed by atoms with van der Waals surface area (Å²) in [6.07, 6.45) is 4.17. The number of carbonyl (C=O) groups excluding carboxylic acids is 1. The van der Waals surface area contributed by atoms with Crippen LogP contribution in [0.2, 0.25) is 0 Å². The Bertz CT molecular complexity index is 980. The molecule has 1 aliphatic rings. The standard InChI is InChI=1S/C21H27N5O2S/c1-21(2,3)19(27)28-26-10-8-24(9-11-26)12-15-13-25-14-18(23-20(25)29-15)16-6-4-5-7-17(16)22/h4-7,13-14H,8-12,22H2,1-3H3. The minimum Gasteiger partial charge on any atom is -0.398 e. The number of hydrogen-bond acceptors (Lipinski definition) is 7. The van der Waals surface area contributed by atoms with E-state index in [0.29, 0.717) is 0 Å². The molecule has 2 N–H and O–H groups in total. The molecule has 7 nitrogen and oxygen atoms in total. The van der Waals surface area contributed by atoms with Gasteiger partial charge in [0, 0.05) is 61.2 Å². The summed E-state index contributed by atoms with van der Waals surface area (Å²) in [5.41, 5.74) is 8.20. The van der Waals surface area contributed by atoms with Gasteiger partial charge in [-0.3, -0.25) is 9.30 Å². The number of carbonyl (C=O) groups is 1. The van der Waals surface area contributed by atoms with Crippen LogP contribution in [0.1, 0.15) is 25.6 Å². The number of aromatic nitrogens is 2. The Balaban J connectivity index is 1.35. The van der Waals surface area contributed by atoms with Gasteiger partial charge in [0.05, 0.1) is 11.1 Å². The number of anilines is 1. The molecule has 1 saturated heterocycles. The number of piperazine rings is 1. The van der Waals surface area contributed by atoms with Crippen molar-refractivity contribution in [3.63, 3.8) is 0 Å². The van der Waals surface area contributed by atoms with Gasteiger partial charge in [0.2, 0.25) is 0 Å². The highest BCUT2D eigenvalue weighted by molar-refractivity contribution is 7.17. The van der Waals surface area contributed by atoms with Gasteiger partial charge in [-0.1, -0.05) is 29.5 Å². The summed E-state index contributed by atoms with van der Waals surface area (Å²) < 4.78 is 2.07. The van der Waals surface area contributed by atoms with Crippen molar-refractivity contribution in [2.24, 2.45) is 5.41 Å². The molecule has 0 aliphatic carbocycles. The molecule has 0 bridgehead atoms. The lowest BCUT2D eigenvalue weighted by Gasteiger charge is -2.34. The zero-order chi connectivity index (χ0) is 20.6. The SMILES string of the molecule is CC(C)(C)C(=O)ON1CCN(Cc2cn3cc(-c4ccccc4N)nc3s2)CC1. The van der Waals surface area contributed by atoms with E-state index in [-0.39, 0.29) is 5.97 Å². The second-order valence-corrected chi connectivity index (χ2v) is 9.53. The Morgan fingerprint density at radius 2 is 1.90 bits per heavy atom. The van der Waals surface area contributed by atoms with Crippen LogP contribution in [0, 0.1) is 5.41 Å². The molecule has 0 amide bonds. The zero-order valence-corrected chi connectivity index (χ0v) is 17.9. The molecule has 0 unspecified atom stereocenters. The Morgan fingerprint density at radius 3 is 2.55 bits per heavy atom. The van der Waals surface area contributed by atoms with Crippen molar-refractivity contribution in [1.29, 1.82) is 0 Å². The van der Waals surface area contributed by atoms with Gasteiger partial charge in [-0.2, -0.15) is 0 Å². The number of nitrogens with zero attached hydrogens (tertiary/aromatic N) is 4. The Kier molecular flexibility index (Phi) is 5.33. The largest absolute Gasteiger partial charge is 0.398 e. The van der Waals surface area contributed by atoms with Crippen LogP contribution in [0.15, 0.2) is 36.7 Å². The number of fused-ring (bicyclic) bond motifs is 1. The fraction of sp³-hybridized carbons (Fsp3) is 0.429. The van der Waals surface area contributed by atoms with Crippen LogP contribution in [-0.4, -0.2) is 51.5 Å². The van der Waals surface area contributed by atoms with Crippen molar-refractivity contribution in [2.45, 2.75) is 27.3 Å². The highest BCUT2D eigenvalue weighted by Crippen LogP contribution is 2.28. The van der Waals surface area contributed by atoms with E-state index in [1.54, 1.807) is 16.4 Å². The average Bonchev–Trinajstić information content (AvgIpc) is 3.21. The molecule has 4 rings (SSSR count). The van der Waals surface area contributed by atoms with Gasteiger partial charge < -0.3 is 10.6 Å². The van der Waals surface area contributed by atoms with Crippen molar-refractivity contribution in [3.05, 3.63) is 41.5 Å². The first-order valence-electron chi connectivity index (χ1n) is 9.81. The molecular weight excluding hydrogens is 386 g/mol. The van der Waals surface area contributed by atoms with Crippen LogP contribution in [0.25, 0.3) is 16.2 Å². The van der Waals surface area contributed by atoms with Gasteiger partial charge in [-0.15, -0.1) is 5.06 Å². The van der Waals surface area contributed by atoms with E-state index < -0.39 is 5.41 Å². The van der Waals surface area contributed by atoms with Crippen molar-refractivity contribution in [2.75, 3.05) is 31.9 Å². The Hall–Kier alpha value is -2.42. The Morgan fingerprint density at radius 1 is 1.17 bits per heavy atom. The summed E-state index contributed by atoms with van der Waals surface area (Å²) in [6.45, 7) is 9.66. The minimum atomic E-state index is -0.480. The topological polar surface area (TPSA) is 76.1 Å². The molecule has 3 heterocycles. The predicted octanol–water partition coefficient (Wildman–Crippen LogP) is 3.27. The van der Waals surface area contributed by atoms with Crippen molar-refractivity contribution >= 4 is 28.0 Å². The van der Waals surface area contributed by atoms with Gasteiger partial charge in [-0.05, 0) is 26.8 Å². The molecule has 154 valence electrons. The molecule has 3 aromatic rings. The van der Waals surface area contributed by atoms with E-state index in [1.807, 2.05) is 51.2 Å². The number of hydroxylamine groups is 2. The van der Waals surface area contributed by atoms with Gasteiger partial charge >= 0.3 is 5.97 Å². The molecule has 2 aromatic heterocycles. The summed E-state index contributed by atoms with van der Waals surface area (Å²) in [5, 5.41) is 1.78. The molecular formula is C21H27N5O2S. The molecule has 0 radical (unpaired) electrons. The van der Waals surface area contributed by atoms with Crippen LogP contribution in [-0.2, 0) is 16.2 Å². The lowest BCUT2D eigenvalue weighted by Crippen LogP contribution is -2.47. The smallest absolute Gasteiger partial charge is 0.330 e. The second kappa shape index (κ2) is 7.78. The third-order valence-electron chi connectivity index (χ3n) is 4.98. The van der Waals surface area contributed by atoms with E-state index in [1.165, 1.54) is 4.88 Å². The summed E-state index contributed by atoms with van der Waals surface area (Å²) in [4.78, 5) is 26.9. The molecule has 1 aromatic carbocycles. The molecule has 0 spiro atoms. The number of nitrogens with two attached hydrogens (primary N) is 1. The van der Waals surface area contributed by atoms with Crippen molar-refractivity contribution < 1.29 is 9.63 Å². The van der Waals surface area contributed by atoms with E-state index in [9.17, 15) is 4.79 Å². The van der Waals surface area contributed by atoms with Crippen LogP contribution in [0.5, 0.6) is 0 Å². The normalized spacial score (nSPS) is 16.4. The second-order valence-electron chi connectivity index (χ2n) is 8.43. The quantitative estimate of drug-likeness (QED) is 0.662. The van der Waals surface area contributed by atoms with Crippen molar-refractivity contribution in [3.8, 4) is 11.3 Å². The molecule has 0 saturated carbocycles. The fourth-order valence-electron chi connectivity index (χ4n) is 3.23. The van der Waals surface area contributed by atoms with Crippen LogP contribution in [0.3, 0.4) is 0 Å². The Labute approximate surface area is 174 Å². The monoisotopic (exact) mass is 413 g/mol. The van der Waals surface area contributed by atoms with E-state index >= 15 is 0 Å². The number of hydrogen-bond donors (Lipinski definition) is 1. The van der Waals surface area contributed by atoms with E-state index in [0.717, 1.165) is 54.6 Å². The highest BCUT2D eigenvalue weighted by Gasteiger charge is 2.28. The average molecular weight is 414 g/mol. The fourth-order valence-corrected chi connectivity index (χ4v) is 4.23. The number of imidazole rings is 1. The number of nitrogen functional groups attached to an aromatic ring is 1. The molecule has 1 fully saturated rings. The van der Waals surface area contributed by atoms with Crippen LogP contribution < -0.4 is 5.73 Å². The third-order valence-corrected chi connectivity index (χ3v) is 5.96. The van der Waals surface area contributed by atoms with Gasteiger partial charge in [0.15, 0.2) is 4.96 Å². The number of para-hydroxylation sites is 1. The minimum absolute atomic E-state index is 0.180. The maximum atomic E-state index is 12.0. The molecule has 29 heavy (non-hydrogen) atoms. The summed E-state index contributed by atoms with van der Waals surface area (Å²) in [5.74, 6) is -0.180. The van der Waals surface area contributed by atoms with E-state index in [4.69, 9.17) is 15.6 Å². The number of benzene rings is 1. The number of rotatable bonds is 4. The first-order chi connectivity index (χ1) is 13.8. The highest BCUT2D eigenvalue weighted by atomic mass is 32.1. The van der Waals surface area contributed by atoms with Gasteiger partial charge in [0.25, 0.3) is 0 Å². The first kappa shape index (κ1) is 19.9. The predicted molar refractivity (Wildman–Crippen MR) is 115 cm³/mol. The van der Waals surface area contributed by atoms with Crippen LogP contribution in [0.4, 0.5) is 5.69 Å². The van der Waals surface area contributed by atoms with Gasteiger partial charge in [-0.25, -0.2) is 9.78 Å². The maximum Gasteiger partial charge on any atom is 0.330 e. The van der Waals surface area contributed by atoms with E-state index in [2.05, 4.69) is 15.5 Å². The number of thiazole rings is 1. The molecule has 8 heteroatoms. The molecule has 1 aliphatic heterocycles.